The van der Waals surface area contributed by atoms with Gasteiger partial charge in [0, 0.05) is 11.1 Å². The largest absolute Gasteiger partial charge is 0.292 e. The van der Waals surface area contributed by atoms with Gasteiger partial charge in [0.1, 0.15) is 8.32 Å². The monoisotopic (exact) mass is 458 g/mol. The van der Waals surface area contributed by atoms with Crippen molar-refractivity contribution in [2.45, 2.75) is 8.32 Å². The summed E-state index contributed by atoms with van der Waals surface area (Å²) in [6, 6.07) is 18.2. The molecule has 0 bridgehead atoms. The molecule has 2 aromatic carbocycles. The van der Waals surface area contributed by atoms with Crippen LogP contribution in [0, 0.1) is 0 Å². The van der Waals surface area contributed by atoms with Crippen LogP contribution >= 0.6 is 53.4 Å². The highest BCUT2D eigenvalue weighted by Crippen LogP contribution is 2.39. The molecule has 2 rings (SSSR count). The number of hydrogen-bond acceptors (Lipinski definition) is 4. The highest BCUT2D eigenvalue weighted by molar-refractivity contribution is 9.16. The molecule has 0 aliphatic rings. The van der Waals surface area contributed by atoms with E-state index in [1.54, 1.807) is 24.3 Å². The maximum Gasteiger partial charge on any atom is 0.187 e. The lowest BCUT2D eigenvalue weighted by Crippen LogP contribution is -2.12. The standard InChI is InChI=1S/C16H12Br2O2S2/c17-15(13(19)11-7-3-1-4-8-11)21-22-16(18)14(20)12-9-5-2-6-10-12/h1-10,15-16H. The summed E-state index contributed by atoms with van der Waals surface area (Å²) >= 11 is 6.75. The van der Waals surface area contributed by atoms with Gasteiger partial charge in [-0.05, 0) is 0 Å². The Morgan fingerprint density at radius 1 is 0.682 bits per heavy atom. The first-order chi connectivity index (χ1) is 10.6. The second kappa shape index (κ2) is 8.91. The van der Waals surface area contributed by atoms with Crippen molar-refractivity contribution in [3.63, 3.8) is 0 Å². The van der Waals surface area contributed by atoms with E-state index in [2.05, 4.69) is 31.9 Å². The molecule has 2 atom stereocenters. The summed E-state index contributed by atoms with van der Waals surface area (Å²) in [7, 11) is 2.65. The van der Waals surface area contributed by atoms with Gasteiger partial charge in [-0.3, -0.25) is 9.59 Å². The number of halogens is 2. The summed E-state index contributed by atoms with van der Waals surface area (Å²) in [5.74, 6) is -0.0186. The van der Waals surface area contributed by atoms with Gasteiger partial charge < -0.3 is 0 Å². The van der Waals surface area contributed by atoms with E-state index in [0.717, 1.165) is 0 Å². The van der Waals surface area contributed by atoms with Crippen LogP contribution in [0.2, 0.25) is 0 Å². The van der Waals surface area contributed by atoms with Gasteiger partial charge in [0.15, 0.2) is 11.6 Å². The van der Waals surface area contributed by atoms with E-state index in [0.29, 0.717) is 11.1 Å². The Balaban J connectivity index is 1.89. The van der Waals surface area contributed by atoms with Gasteiger partial charge in [-0.2, -0.15) is 0 Å². The molecule has 0 heterocycles. The van der Waals surface area contributed by atoms with Crippen LogP contribution in [0.15, 0.2) is 60.7 Å². The number of hydrogen-bond donors (Lipinski definition) is 0. The van der Waals surface area contributed by atoms with Gasteiger partial charge in [0.25, 0.3) is 0 Å². The first-order valence-corrected chi connectivity index (χ1v) is 10.5. The van der Waals surface area contributed by atoms with Gasteiger partial charge in [-0.1, -0.05) is 114 Å². The number of ketones is 2. The fourth-order valence-corrected chi connectivity index (χ4v) is 5.52. The molecule has 0 aliphatic carbocycles. The Kier molecular flexibility index (Phi) is 7.21. The number of carbonyl (C=O) groups excluding carboxylic acids is 2. The van der Waals surface area contributed by atoms with Gasteiger partial charge in [0.05, 0.1) is 0 Å². The maximum absolute atomic E-state index is 12.2. The number of Topliss-reactive ketones (excluding diaryl/α,β-unsaturated/α-hetero) is 2. The normalized spacial score (nSPS) is 13.4. The number of carbonyl (C=O) groups is 2. The zero-order chi connectivity index (χ0) is 15.9. The molecule has 2 nitrogen and oxygen atoms in total. The van der Waals surface area contributed by atoms with Crippen molar-refractivity contribution in [2.75, 3.05) is 0 Å². The summed E-state index contributed by atoms with van der Waals surface area (Å²) in [6.07, 6.45) is 0. The summed E-state index contributed by atoms with van der Waals surface area (Å²) in [6.45, 7) is 0. The molecule has 0 aliphatic heterocycles. The molecule has 114 valence electrons. The van der Waals surface area contributed by atoms with Crippen LogP contribution in [0.1, 0.15) is 20.7 Å². The van der Waals surface area contributed by atoms with Crippen molar-refractivity contribution in [1.29, 1.82) is 0 Å². The number of rotatable bonds is 7. The van der Waals surface area contributed by atoms with Crippen molar-refractivity contribution in [1.82, 2.24) is 0 Å². The number of alkyl halides is 2. The molecule has 22 heavy (non-hydrogen) atoms. The summed E-state index contributed by atoms with van der Waals surface area (Å²) in [5.41, 5.74) is 1.30. The van der Waals surface area contributed by atoms with E-state index in [4.69, 9.17) is 0 Å². The average Bonchev–Trinajstić information content (AvgIpc) is 2.59. The molecule has 0 aromatic heterocycles. The lowest BCUT2D eigenvalue weighted by Gasteiger charge is -2.11. The Bertz CT molecular complexity index is 578. The van der Waals surface area contributed by atoms with E-state index in [-0.39, 0.29) is 11.6 Å². The van der Waals surface area contributed by atoms with Gasteiger partial charge in [-0.15, -0.1) is 0 Å². The van der Waals surface area contributed by atoms with E-state index in [9.17, 15) is 9.59 Å². The topological polar surface area (TPSA) is 34.1 Å². The molecule has 0 saturated carbocycles. The molecule has 0 amide bonds. The van der Waals surface area contributed by atoms with Crippen LogP contribution < -0.4 is 0 Å². The fraction of sp³-hybridized carbons (Fsp3) is 0.125. The third-order valence-electron chi connectivity index (χ3n) is 2.75. The molecule has 0 fully saturated rings. The highest BCUT2D eigenvalue weighted by Gasteiger charge is 2.23. The minimum Gasteiger partial charge on any atom is -0.292 e. The predicted octanol–water partition coefficient (Wildman–Crippen LogP) is 5.58. The Labute approximate surface area is 154 Å². The lowest BCUT2D eigenvalue weighted by molar-refractivity contribution is 0.100. The third-order valence-corrected chi connectivity index (χ3v) is 8.56. The van der Waals surface area contributed by atoms with Crippen LogP contribution in [0.4, 0.5) is 0 Å². The summed E-state index contributed by atoms with van der Waals surface area (Å²) in [5, 5.41) is 0. The van der Waals surface area contributed by atoms with E-state index in [1.807, 2.05) is 36.4 Å². The quantitative estimate of drug-likeness (QED) is 0.307. The van der Waals surface area contributed by atoms with Gasteiger partial charge in [-0.25, -0.2) is 0 Å². The van der Waals surface area contributed by atoms with Crippen LogP contribution in [-0.2, 0) is 0 Å². The predicted molar refractivity (Wildman–Crippen MR) is 102 cm³/mol. The molecular formula is C16H12Br2O2S2. The van der Waals surface area contributed by atoms with E-state index >= 15 is 0 Å². The second-order valence-electron chi connectivity index (χ2n) is 4.29. The molecule has 0 spiro atoms. The Morgan fingerprint density at radius 2 is 1.00 bits per heavy atom. The molecular weight excluding hydrogens is 448 g/mol. The molecule has 0 N–H and O–H groups in total. The first kappa shape index (κ1) is 17.8. The Hall–Kier alpha value is -0.560. The maximum atomic E-state index is 12.2. The van der Waals surface area contributed by atoms with Crippen molar-refractivity contribution in [3.05, 3.63) is 71.8 Å². The van der Waals surface area contributed by atoms with E-state index in [1.165, 1.54) is 21.6 Å². The average molecular weight is 460 g/mol. The molecule has 6 heteroatoms. The molecule has 0 saturated heterocycles. The fourth-order valence-electron chi connectivity index (χ4n) is 1.65. The van der Waals surface area contributed by atoms with Gasteiger partial charge in [0.2, 0.25) is 0 Å². The summed E-state index contributed by atoms with van der Waals surface area (Å²) < 4.78 is -0.799. The summed E-state index contributed by atoms with van der Waals surface area (Å²) in [4.78, 5) is 24.4. The minimum absolute atomic E-state index is 0.00930. The van der Waals surface area contributed by atoms with E-state index < -0.39 is 8.32 Å². The highest BCUT2D eigenvalue weighted by atomic mass is 79.9. The second-order valence-corrected chi connectivity index (χ2v) is 9.81. The van der Waals surface area contributed by atoms with Crippen LogP contribution in [0.25, 0.3) is 0 Å². The zero-order valence-electron chi connectivity index (χ0n) is 11.3. The zero-order valence-corrected chi connectivity index (χ0v) is 16.1. The third kappa shape index (κ3) is 4.98. The molecule has 2 aromatic rings. The lowest BCUT2D eigenvalue weighted by atomic mass is 10.2. The number of benzene rings is 2. The smallest absolute Gasteiger partial charge is 0.187 e. The van der Waals surface area contributed by atoms with Crippen molar-refractivity contribution in [3.8, 4) is 0 Å². The Morgan fingerprint density at radius 3 is 1.32 bits per heavy atom. The van der Waals surface area contributed by atoms with Crippen LogP contribution in [0.3, 0.4) is 0 Å². The van der Waals surface area contributed by atoms with Crippen molar-refractivity contribution in [2.24, 2.45) is 0 Å². The van der Waals surface area contributed by atoms with Crippen molar-refractivity contribution < 1.29 is 9.59 Å². The molecule has 0 radical (unpaired) electrons. The van der Waals surface area contributed by atoms with Gasteiger partial charge >= 0.3 is 0 Å². The van der Waals surface area contributed by atoms with Crippen LogP contribution in [0.5, 0.6) is 0 Å². The van der Waals surface area contributed by atoms with Crippen molar-refractivity contribution >= 4 is 65.0 Å². The SMILES string of the molecule is O=C(c1ccccc1)C(Br)SSC(Br)C(=O)c1ccccc1. The first-order valence-electron chi connectivity index (χ1n) is 6.38. The minimum atomic E-state index is -0.400. The molecule has 2 unspecified atom stereocenters. The van der Waals surface area contributed by atoms with Crippen LogP contribution in [-0.4, -0.2) is 19.9 Å².